The van der Waals surface area contributed by atoms with E-state index in [9.17, 15) is 9.90 Å². The summed E-state index contributed by atoms with van der Waals surface area (Å²) in [6.45, 7) is 5.97. The molecule has 1 N–H and O–H groups in total. The number of rotatable bonds is 4. The summed E-state index contributed by atoms with van der Waals surface area (Å²) in [4.78, 5) is 11.6. The van der Waals surface area contributed by atoms with E-state index in [1.54, 1.807) is 7.11 Å². The topological polar surface area (TPSA) is 46.5 Å². The molecule has 2 rings (SSSR count). The largest absolute Gasteiger partial charge is 0.496 e. The van der Waals surface area contributed by atoms with E-state index in [0.717, 1.165) is 16.7 Å². The Kier molecular flexibility index (Phi) is 3.52. The van der Waals surface area contributed by atoms with Crippen molar-refractivity contribution in [3.8, 4) is 5.75 Å². The fourth-order valence-corrected chi connectivity index (χ4v) is 2.88. The molecule has 4 heteroatoms. The summed E-state index contributed by atoms with van der Waals surface area (Å²) >= 11 is 6.28. The molecule has 0 atom stereocenters. The van der Waals surface area contributed by atoms with E-state index < -0.39 is 11.4 Å². The van der Waals surface area contributed by atoms with Gasteiger partial charge in [-0.2, -0.15) is 0 Å². The monoisotopic (exact) mass is 282 g/mol. The normalized spacial score (nSPS) is 16.5. The lowest BCUT2D eigenvalue weighted by Crippen LogP contribution is -2.22. The number of ether oxygens (including phenoxy) is 1. The third-order valence-electron chi connectivity index (χ3n) is 3.97. The van der Waals surface area contributed by atoms with Crippen LogP contribution in [0.2, 0.25) is 5.02 Å². The van der Waals surface area contributed by atoms with Gasteiger partial charge in [0, 0.05) is 10.6 Å². The molecule has 1 aromatic carbocycles. The second-order valence-electron chi connectivity index (χ2n) is 5.52. The lowest BCUT2D eigenvalue weighted by atomic mass is 9.86. The van der Waals surface area contributed by atoms with E-state index in [1.807, 2.05) is 26.8 Å². The zero-order valence-corrected chi connectivity index (χ0v) is 12.5. The third kappa shape index (κ3) is 2.10. The van der Waals surface area contributed by atoms with Crippen LogP contribution >= 0.6 is 11.6 Å². The first-order valence-corrected chi connectivity index (χ1v) is 6.83. The molecule has 1 aliphatic carbocycles. The lowest BCUT2D eigenvalue weighted by Gasteiger charge is -2.23. The van der Waals surface area contributed by atoms with Gasteiger partial charge < -0.3 is 9.84 Å². The molecule has 1 saturated carbocycles. The van der Waals surface area contributed by atoms with Crippen LogP contribution in [0.4, 0.5) is 0 Å². The number of aliphatic carboxylic acids is 1. The maximum atomic E-state index is 11.6. The average Bonchev–Trinajstić information content (AvgIpc) is 3.12. The van der Waals surface area contributed by atoms with E-state index in [1.165, 1.54) is 0 Å². The average molecular weight is 283 g/mol. The molecule has 104 valence electrons. The van der Waals surface area contributed by atoms with Gasteiger partial charge in [0.1, 0.15) is 5.75 Å². The molecule has 0 saturated heterocycles. The Morgan fingerprint density at radius 2 is 2.05 bits per heavy atom. The SMILES string of the molecule is COc1c(C(C)C)cc(Cl)c(C)c1C1(C(=O)O)CC1. The van der Waals surface area contributed by atoms with Gasteiger partial charge in [-0.05, 0) is 42.9 Å². The van der Waals surface area contributed by atoms with Crippen molar-refractivity contribution in [3.05, 3.63) is 27.8 Å². The number of carboxylic acid groups (broad SMARTS) is 1. The number of benzene rings is 1. The van der Waals surface area contributed by atoms with Crippen molar-refractivity contribution in [3.63, 3.8) is 0 Å². The van der Waals surface area contributed by atoms with Gasteiger partial charge in [-0.1, -0.05) is 25.4 Å². The summed E-state index contributed by atoms with van der Waals surface area (Å²) in [6.07, 6.45) is 1.30. The highest BCUT2D eigenvalue weighted by Crippen LogP contribution is 2.55. The molecule has 0 unspecified atom stereocenters. The highest BCUT2D eigenvalue weighted by Gasteiger charge is 2.54. The van der Waals surface area contributed by atoms with E-state index in [4.69, 9.17) is 16.3 Å². The smallest absolute Gasteiger partial charge is 0.314 e. The van der Waals surface area contributed by atoms with Crippen LogP contribution in [0.25, 0.3) is 0 Å². The van der Waals surface area contributed by atoms with Gasteiger partial charge in [0.15, 0.2) is 0 Å². The van der Waals surface area contributed by atoms with Crippen molar-refractivity contribution in [2.75, 3.05) is 7.11 Å². The minimum atomic E-state index is -0.802. The standard InChI is InChI=1S/C15H19ClO3/c1-8(2)10-7-11(16)9(3)12(13(10)19-4)15(5-6-15)14(17)18/h7-8H,5-6H2,1-4H3,(H,17,18). The maximum Gasteiger partial charge on any atom is 0.314 e. The number of carboxylic acids is 1. The minimum Gasteiger partial charge on any atom is -0.496 e. The molecule has 0 heterocycles. The van der Waals surface area contributed by atoms with Crippen molar-refractivity contribution in [2.45, 2.75) is 44.9 Å². The Morgan fingerprint density at radius 3 is 2.42 bits per heavy atom. The van der Waals surface area contributed by atoms with Gasteiger partial charge in [-0.3, -0.25) is 4.79 Å². The van der Waals surface area contributed by atoms with Crippen molar-refractivity contribution >= 4 is 17.6 Å². The predicted molar refractivity (Wildman–Crippen MR) is 75.4 cm³/mol. The molecule has 1 aliphatic rings. The Balaban J connectivity index is 2.75. The molecule has 1 aromatic rings. The Bertz CT molecular complexity index is 531. The summed E-state index contributed by atoms with van der Waals surface area (Å²) in [6, 6.07) is 1.89. The van der Waals surface area contributed by atoms with Crippen molar-refractivity contribution in [1.82, 2.24) is 0 Å². The molecule has 3 nitrogen and oxygen atoms in total. The van der Waals surface area contributed by atoms with Gasteiger partial charge in [-0.25, -0.2) is 0 Å². The first kappa shape index (κ1) is 14.2. The molecular formula is C15H19ClO3. The Labute approximate surface area is 118 Å². The van der Waals surface area contributed by atoms with Gasteiger partial charge in [0.05, 0.1) is 12.5 Å². The summed E-state index contributed by atoms with van der Waals surface area (Å²) in [5, 5.41) is 10.1. The van der Waals surface area contributed by atoms with Crippen LogP contribution < -0.4 is 4.74 Å². The van der Waals surface area contributed by atoms with E-state index in [0.29, 0.717) is 23.6 Å². The number of hydrogen-bond donors (Lipinski definition) is 1. The van der Waals surface area contributed by atoms with Gasteiger partial charge in [0.25, 0.3) is 0 Å². The summed E-state index contributed by atoms with van der Waals surface area (Å²) < 4.78 is 5.53. The minimum absolute atomic E-state index is 0.233. The third-order valence-corrected chi connectivity index (χ3v) is 4.36. The van der Waals surface area contributed by atoms with E-state index in [-0.39, 0.29) is 5.92 Å². The first-order chi connectivity index (χ1) is 8.85. The molecule has 0 aliphatic heterocycles. The zero-order valence-electron chi connectivity index (χ0n) is 11.7. The molecule has 19 heavy (non-hydrogen) atoms. The van der Waals surface area contributed by atoms with Crippen molar-refractivity contribution in [2.24, 2.45) is 0 Å². The van der Waals surface area contributed by atoms with Gasteiger partial charge in [-0.15, -0.1) is 0 Å². The molecular weight excluding hydrogens is 264 g/mol. The van der Waals surface area contributed by atoms with Gasteiger partial charge in [0.2, 0.25) is 0 Å². The second kappa shape index (κ2) is 4.71. The van der Waals surface area contributed by atoms with Crippen LogP contribution in [-0.2, 0) is 10.2 Å². The van der Waals surface area contributed by atoms with Crippen LogP contribution in [0.5, 0.6) is 5.75 Å². The molecule has 0 amide bonds. The van der Waals surface area contributed by atoms with Crippen LogP contribution in [0.1, 0.15) is 49.3 Å². The first-order valence-electron chi connectivity index (χ1n) is 6.46. The van der Waals surface area contributed by atoms with Gasteiger partial charge >= 0.3 is 5.97 Å². The number of carbonyl (C=O) groups is 1. The molecule has 1 fully saturated rings. The van der Waals surface area contributed by atoms with Crippen LogP contribution in [0, 0.1) is 6.92 Å². The van der Waals surface area contributed by atoms with Crippen LogP contribution in [0.15, 0.2) is 6.07 Å². The number of methoxy groups -OCH3 is 1. The number of hydrogen-bond acceptors (Lipinski definition) is 2. The van der Waals surface area contributed by atoms with Crippen LogP contribution in [0.3, 0.4) is 0 Å². The summed E-state index contributed by atoms with van der Waals surface area (Å²) in [7, 11) is 1.59. The molecule has 0 bridgehead atoms. The molecule has 0 aromatic heterocycles. The highest BCUT2D eigenvalue weighted by atomic mass is 35.5. The fourth-order valence-electron chi connectivity index (χ4n) is 2.67. The fraction of sp³-hybridized carbons (Fsp3) is 0.533. The van der Waals surface area contributed by atoms with E-state index >= 15 is 0 Å². The number of halogens is 1. The lowest BCUT2D eigenvalue weighted by molar-refractivity contribution is -0.140. The van der Waals surface area contributed by atoms with Crippen LogP contribution in [-0.4, -0.2) is 18.2 Å². The molecule has 0 radical (unpaired) electrons. The zero-order chi connectivity index (χ0) is 14.4. The van der Waals surface area contributed by atoms with E-state index in [2.05, 4.69) is 0 Å². The maximum absolute atomic E-state index is 11.6. The Morgan fingerprint density at radius 1 is 1.47 bits per heavy atom. The summed E-state index contributed by atoms with van der Waals surface area (Å²) in [5.41, 5.74) is 1.76. The highest BCUT2D eigenvalue weighted by molar-refractivity contribution is 6.31. The second-order valence-corrected chi connectivity index (χ2v) is 5.93. The Hall–Kier alpha value is -1.22. The van der Waals surface area contributed by atoms with Crippen molar-refractivity contribution < 1.29 is 14.6 Å². The quantitative estimate of drug-likeness (QED) is 0.911. The summed E-state index contributed by atoms with van der Waals surface area (Å²) in [5.74, 6) is 0.138. The molecule has 0 spiro atoms. The predicted octanol–water partition coefficient (Wildman–Crippen LogP) is 3.90. The van der Waals surface area contributed by atoms with Crippen molar-refractivity contribution in [1.29, 1.82) is 0 Å².